The van der Waals surface area contributed by atoms with Crippen molar-refractivity contribution in [2.75, 3.05) is 6.54 Å². The number of alkyl halides is 3. The van der Waals surface area contributed by atoms with E-state index in [1.54, 1.807) is 13.8 Å². The fraction of sp³-hybridized carbons (Fsp3) is 0.625. The van der Waals surface area contributed by atoms with Gasteiger partial charge in [0.25, 0.3) is 0 Å². The summed E-state index contributed by atoms with van der Waals surface area (Å²) < 4.78 is 38.2. The quantitative estimate of drug-likeness (QED) is 0.800. The number of hydrogen-bond donors (Lipinski definition) is 1. The number of hydrogen-bond acceptors (Lipinski definition) is 2. The Balaban J connectivity index is 3.18. The summed E-state index contributed by atoms with van der Waals surface area (Å²) in [5.74, 6) is 0. The zero-order chi connectivity index (χ0) is 11.0. The van der Waals surface area contributed by atoms with E-state index < -0.39 is 17.4 Å². The molecule has 0 aliphatic rings. The second kappa shape index (κ2) is 3.27. The van der Waals surface area contributed by atoms with Gasteiger partial charge in [0.15, 0.2) is 0 Å². The molecule has 0 aliphatic carbocycles. The lowest BCUT2D eigenvalue weighted by Gasteiger charge is -2.26. The summed E-state index contributed by atoms with van der Waals surface area (Å²) in [4.78, 5) is 0. The third-order valence-corrected chi connectivity index (χ3v) is 2.01. The highest BCUT2D eigenvalue weighted by Gasteiger charge is 2.38. The third-order valence-electron chi connectivity index (χ3n) is 2.01. The van der Waals surface area contributed by atoms with Crippen LogP contribution in [0.3, 0.4) is 0 Å². The van der Waals surface area contributed by atoms with Gasteiger partial charge in [-0.2, -0.15) is 18.3 Å². The van der Waals surface area contributed by atoms with Gasteiger partial charge in [0.1, 0.15) is 5.69 Å². The van der Waals surface area contributed by atoms with E-state index >= 15 is 0 Å². The summed E-state index contributed by atoms with van der Waals surface area (Å²) in [6.45, 7) is 3.31. The first-order valence-electron chi connectivity index (χ1n) is 4.11. The molecule has 14 heavy (non-hydrogen) atoms. The molecule has 6 heteroatoms. The van der Waals surface area contributed by atoms with E-state index in [1.165, 1.54) is 0 Å². The Bertz CT molecular complexity index is 314. The van der Waals surface area contributed by atoms with E-state index in [2.05, 4.69) is 5.10 Å². The largest absolute Gasteiger partial charge is 0.433 e. The van der Waals surface area contributed by atoms with E-state index in [1.807, 2.05) is 0 Å². The fourth-order valence-electron chi connectivity index (χ4n) is 1.09. The maximum absolute atomic E-state index is 12.4. The third kappa shape index (κ3) is 1.89. The van der Waals surface area contributed by atoms with E-state index in [4.69, 9.17) is 5.73 Å². The maximum atomic E-state index is 12.4. The molecule has 0 aromatic carbocycles. The van der Waals surface area contributed by atoms with Crippen LogP contribution in [-0.4, -0.2) is 16.3 Å². The summed E-state index contributed by atoms with van der Waals surface area (Å²) in [6.07, 6.45) is -3.26. The van der Waals surface area contributed by atoms with Crippen molar-refractivity contribution in [1.29, 1.82) is 0 Å². The highest BCUT2D eigenvalue weighted by atomic mass is 19.4. The number of halogens is 3. The Morgan fingerprint density at radius 1 is 1.43 bits per heavy atom. The van der Waals surface area contributed by atoms with Crippen LogP contribution in [0.4, 0.5) is 13.2 Å². The zero-order valence-electron chi connectivity index (χ0n) is 7.97. The first kappa shape index (κ1) is 11.0. The first-order chi connectivity index (χ1) is 6.29. The van der Waals surface area contributed by atoms with Gasteiger partial charge in [-0.05, 0) is 19.9 Å². The predicted octanol–water partition coefficient (Wildman–Crippen LogP) is 1.60. The SMILES string of the molecule is CC(C)(CN)n1nccc1C(F)(F)F. The standard InChI is InChI=1S/C8H12F3N3/c1-7(2,5-12)14-6(3-4-13-14)8(9,10)11/h3-4H,5,12H2,1-2H3. The second-order valence-electron chi connectivity index (χ2n) is 3.64. The average Bonchev–Trinajstić information content (AvgIpc) is 2.51. The lowest BCUT2D eigenvalue weighted by molar-refractivity contribution is -0.146. The highest BCUT2D eigenvalue weighted by Crippen LogP contribution is 2.31. The molecule has 1 heterocycles. The molecule has 0 saturated heterocycles. The molecule has 0 radical (unpaired) electrons. The van der Waals surface area contributed by atoms with Crippen molar-refractivity contribution in [2.24, 2.45) is 5.73 Å². The average molecular weight is 207 g/mol. The molecule has 1 aromatic heterocycles. The summed E-state index contributed by atoms with van der Waals surface area (Å²) in [6, 6.07) is 0.942. The topological polar surface area (TPSA) is 43.8 Å². The van der Waals surface area contributed by atoms with Crippen LogP contribution in [0.15, 0.2) is 12.3 Å². The highest BCUT2D eigenvalue weighted by molar-refractivity contribution is 5.08. The number of rotatable bonds is 2. The van der Waals surface area contributed by atoms with Crippen LogP contribution < -0.4 is 5.73 Å². The van der Waals surface area contributed by atoms with Crippen LogP contribution in [0, 0.1) is 0 Å². The monoisotopic (exact) mass is 207 g/mol. The van der Waals surface area contributed by atoms with E-state index in [0.717, 1.165) is 16.9 Å². The van der Waals surface area contributed by atoms with Crippen molar-refractivity contribution in [2.45, 2.75) is 25.6 Å². The molecule has 0 amide bonds. The Labute approximate surface area is 79.7 Å². The van der Waals surface area contributed by atoms with Gasteiger partial charge in [0, 0.05) is 12.7 Å². The summed E-state index contributed by atoms with van der Waals surface area (Å²) >= 11 is 0. The summed E-state index contributed by atoms with van der Waals surface area (Å²) in [5, 5.41) is 3.64. The van der Waals surface area contributed by atoms with Crippen molar-refractivity contribution in [3.05, 3.63) is 18.0 Å². The normalized spacial score (nSPS) is 13.3. The zero-order valence-corrected chi connectivity index (χ0v) is 7.97. The van der Waals surface area contributed by atoms with Gasteiger partial charge in [-0.1, -0.05) is 0 Å². The molecular weight excluding hydrogens is 195 g/mol. The lowest BCUT2D eigenvalue weighted by Crippen LogP contribution is -2.38. The van der Waals surface area contributed by atoms with Gasteiger partial charge in [0.2, 0.25) is 0 Å². The lowest BCUT2D eigenvalue weighted by atomic mass is 10.1. The van der Waals surface area contributed by atoms with Gasteiger partial charge in [-0.15, -0.1) is 0 Å². The Morgan fingerprint density at radius 3 is 2.43 bits per heavy atom. The smallest absolute Gasteiger partial charge is 0.328 e. The number of nitrogens with two attached hydrogens (primary N) is 1. The minimum Gasteiger partial charge on any atom is -0.328 e. The van der Waals surface area contributed by atoms with Crippen LogP contribution in [0.1, 0.15) is 19.5 Å². The first-order valence-corrected chi connectivity index (χ1v) is 4.11. The van der Waals surface area contributed by atoms with Crippen molar-refractivity contribution >= 4 is 0 Å². The van der Waals surface area contributed by atoms with E-state index in [0.29, 0.717) is 0 Å². The maximum Gasteiger partial charge on any atom is 0.433 e. The van der Waals surface area contributed by atoms with Crippen molar-refractivity contribution in [1.82, 2.24) is 9.78 Å². The number of nitrogens with zero attached hydrogens (tertiary/aromatic N) is 2. The van der Waals surface area contributed by atoms with Crippen LogP contribution in [0.5, 0.6) is 0 Å². The number of aromatic nitrogens is 2. The Kier molecular flexibility index (Phi) is 2.58. The van der Waals surface area contributed by atoms with Crippen LogP contribution >= 0.6 is 0 Å². The van der Waals surface area contributed by atoms with Crippen molar-refractivity contribution in [3.63, 3.8) is 0 Å². The summed E-state index contributed by atoms with van der Waals surface area (Å²) in [7, 11) is 0. The van der Waals surface area contributed by atoms with Gasteiger partial charge >= 0.3 is 6.18 Å². The molecule has 80 valence electrons. The van der Waals surface area contributed by atoms with Gasteiger partial charge in [-0.3, -0.25) is 4.68 Å². The second-order valence-corrected chi connectivity index (χ2v) is 3.64. The molecule has 0 saturated carbocycles. The molecule has 1 aromatic rings. The molecule has 0 unspecified atom stereocenters. The molecule has 3 nitrogen and oxygen atoms in total. The molecule has 1 rings (SSSR count). The molecule has 0 bridgehead atoms. The molecule has 0 atom stereocenters. The van der Waals surface area contributed by atoms with Crippen LogP contribution in [-0.2, 0) is 11.7 Å². The predicted molar refractivity (Wildman–Crippen MR) is 45.6 cm³/mol. The van der Waals surface area contributed by atoms with E-state index in [9.17, 15) is 13.2 Å². The minimum atomic E-state index is -4.39. The molecule has 0 aliphatic heterocycles. The van der Waals surface area contributed by atoms with Crippen LogP contribution in [0.2, 0.25) is 0 Å². The van der Waals surface area contributed by atoms with Gasteiger partial charge in [0.05, 0.1) is 5.54 Å². The minimum absolute atomic E-state index is 0.0950. The molecule has 0 fully saturated rings. The molecule has 2 N–H and O–H groups in total. The summed E-state index contributed by atoms with van der Waals surface area (Å²) in [5.41, 5.74) is 3.79. The van der Waals surface area contributed by atoms with E-state index in [-0.39, 0.29) is 6.54 Å². The fourth-order valence-corrected chi connectivity index (χ4v) is 1.09. The molecular formula is C8H12F3N3. The van der Waals surface area contributed by atoms with Gasteiger partial charge in [-0.25, -0.2) is 0 Å². The van der Waals surface area contributed by atoms with Crippen molar-refractivity contribution < 1.29 is 13.2 Å². The van der Waals surface area contributed by atoms with Crippen LogP contribution in [0.25, 0.3) is 0 Å². The molecule has 0 spiro atoms. The Morgan fingerprint density at radius 2 is 2.00 bits per heavy atom. The van der Waals surface area contributed by atoms with Gasteiger partial charge < -0.3 is 5.73 Å². The van der Waals surface area contributed by atoms with Crippen molar-refractivity contribution in [3.8, 4) is 0 Å². The Hall–Kier alpha value is -1.04.